The maximum Gasteiger partial charge on any atom is 0.126 e. The molecule has 0 aliphatic heterocycles. The maximum atomic E-state index is 13.6. The summed E-state index contributed by atoms with van der Waals surface area (Å²) in [7, 11) is 0. The summed E-state index contributed by atoms with van der Waals surface area (Å²) < 4.78 is 13.6. The standard InChI is InChI=1S/C22H31F/c1-16-3-11-20(12-4-16)21-13-9-18(10-14-21)7-8-19-6-5-17(2)22(23)15-19/h5-6,15,18,20H,3-4,7-14H2,1-2H3. The molecule has 3 rings (SSSR count). The van der Waals surface area contributed by atoms with Crippen LogP contribution in [0, 0.1) is 36.4 Å². The highest BCUT2D eigenvalue weighted by molar-refractivity contribution is 5.23. The molecular weight excluding hydrogens is 283 g/mol. The Bertz CT molecular complexity index is 491. The Morgan fingerprint density at radius 1 is 0.957 bits per heavy atom. The molecule has 1 heteroatoms. The minimum Gasteiger partial charge on any atom is -0.207 e. The summed E-state index contributed by atoms with van der Waals surface area (Å²) in [6, 6.07) is 5.75. The van der Waals surface area contributed by atoms with Gasteiger partial charge in [0.1, 0.15) is 5.82 Å². The average molecular weight is 314 g/mol. The molecule has 0 saturated heterocycles. The summed E-state index contributed by atoms with van der Waals surface area (Å²) in [6.45, 7) is 4.16. The molecular formula is C22H31F. The molecule has 2 radical (unpaired) electrons. The Morgan fingerprint density at radius 2 is 1.65 bits per heavy atom. The normalized spacial score (nSPS) is 22.6. The number of aryl methyl sites for hydroxylation is 2. The molecule has 2 saturated carbocycles. The first-order valence-corrected chi connectivity index (χ1v) is 9.52. The van der Waals surface area contributed by atoms with Crippen molar-refractivity contribution in [3.05, 3.63) is 47.0 Å². The molecule has 1 aromatic carbocycles. The molecule has 0 aromatic heterocycles. The van der Waals surface area contributed by atoms with Gasteiger partial charge in [-0.15, -0.1) is 0 Å². The van der Waals surface area contributed by atoms with Crippen LogP contribution in [0.5, 0.6) is 0 Å². The number of halogens is 1. The summed E-state index contributed by atoms with van der Waals surface area (Å²) in [6.07, 6.45) is 13.2. The molecule has 0 unspecified atom stereocenters. The van der Waals surface area contributed by atoms with E-state index in [0.717, 1.165) is 23.8 Å². The van der Waals surface area contributed by atoms with Crippen molar-refractivity contribution < 1.29 is 4.39 Å². The van der Waals surface area contributed by atoms with E-state index in [1.807, 2.05) is 18.9 Å². The van der Waals surface area contributed by atoms with Crippen LogP contribution in [0.1, 0.15) is 75.8 Å². The zero-order chi connectivity index (χ0) is 16.2. The Morgan fingerprint density at radius 3 is 2.30 bits per heavy atom. The van der Waals surface area contributed by atoms with Gasteiger partial charge in [-0.2, -0.15) is 0 Å². The SMILES string of the molecule is C[C]1CCC([C]2CCC(CCc3ccc(C)c(F)c3)CC2)CC1. The van der Waals surface area contributed by atoms with Crippen molar-refractivity contribution in [1.29, 1.82) is 0 Å². The van der Waals surface area contributed by atoms with Gasteiger partial charge in [0.05, 0.1) is 0 Å². The first-order valence-electron chi connectivity index (χ1n) is 9.52. The average Bonchev–Trinajstić information content (AvgIpc) is 2.57. The van der Waals surface area contributed by atoms with Gasteiger partial charge < -0.3 is 0 Å². The summed E-state index contributed by atoms with van der Waals surface area (Å²) in [5.41, 5.74) is 1.92. The zero-order valence-corrected chi connectivity index (χ0v) is 14.8. The first-order chi connectivity index (χ1) is 11.1. The molecule has 0 heterocycles. The third-order valence-electron chi connectivity index (χ3n) is 6.24. The lowest BCUT2D eigenvalue weighted by molar-refractivity contribution is 0.286. The van der Waals surface area contributed by atoms with Gasteiger partial charge >= 0.3 is 0 Å². The first kappa shape index (κ1) is 17.0. The van der Waals surface area contributed by atoms with E-state index in [1.165, 1.54) is 63.4 Å². The van der Waals surface area contributed by atoms with Crippen LogP contribution in [-0.4, -0.2) is 0 Å². The number of rotatable bonds is 4. The lowest BCUT2D eigenvalue weighted by Gasteiger charge is -2.36. The Balaban J connectivity index is 1.41. The van der Waals surface area contributed by atoms with Crippen molar-refractivity contribution in [3.63, 3.8) is 0 Å². The summed E-state index contributed by atoms with van der Waals surface area (Å²) in [4.78, 5) is 0. The van der Waals surface area contributed by atoms with Gasteiger partial charge in [-0.3, -0.25) is 0 Å². The van der Waals surface area contributed by atoms with E-state index in [0.29, 0.717) is 0 Å². The van der Waals surface area contributed by atoms with Crippen LogP contribution in [0.2, 0.25) is 0 Å². The third kappa shape index (κ3) is 4.58. The van der Waals surface area contributed by atoms with Gasteiger partial charge in [0.25, 0.3) is 0 Å². The van der Waals surface area contributed by atoms with Crippen molar-refractivity contribution >= 4 is 0 Å². The molecule has 0 bridgehead atoms. The predicted octanol–water partition coefficient (Wildman–Crippen LogP) is 6.62. The third-order valence-corrected chi connectivity index (χ3v) is 6.24. The summed E-state index contributed by atoms with van der Waals surface area (Å²) in [5.74, 6) is 5.30. The van der Waals surface area contributed by atoms with E-state index in [-0.39, 0.29) is 5.82 Å². The minimum absolute atomic E-state index is 0.0499. The zero-order valence-electron chi connectivity index (χ0n) is 14.8. The minimum atomic E-state index is -0.0499. The predicted molar refractivity (Wildman–Crippen MR) is 95.5 cm³/mol. The molecule has 2 aliphatic rings. The monoisotopic (exact) mass is 314 g/mol. The van der Waals surface area contributed by atoms with Crippen LogP contribution in [0.3, 0.4) is 0 Å². The smallest absolute Gasteiger partial charge is 0.126 e. The molecule has 126 valence electrons. The van der Waals surface area contributed by atoms with Crippen molar-refractivity contribution in [1.82, 2.24) is 0 Å². The second-order valence-corrected chi connectivity index (χ2v) is 7.96. The Labute approximate surface area is 141 Å². The fourth-order valence-electron chi connectivity index (χ4n) is 4.43. The molecule has 2 fully saturated rings. The van der Waals surface area contributed by atoms with Gasteiger partial charge in [0.15, 0.2) is 0 Å². The van der Waals surface area contributed by atoms with E-state index < -0.39 is 0 Å². The largest absolute Gasteiger partial charge is 0.207 e. The molecule has 0 N–H and O–H groups in total. The maximum absolute atomic E-state index is 13.6. The quantitative estimate of drug-likeness (QED) is 0.586. The summed E-state index contributed by atoms with van der Waals surface area (Å²) in [5, 5.41) is 0. The number of hydrogen-bond acceptors (Lipinski definition) is 0. The Kier molecular flexibility index (Phi) is 5.77. The molecule has 0 nitrogen and oxygen atoms in total. The fourth-order valence-corrected chi connectivity index (χ4v) is 4.43. The van der Waals surface area contributed by atoms with E-state index in [1.54, 1.807) is 12.0 Å². The van der Waals surface area contributed by atoms with Crippen molar-refractivity contribution in [2.75, 3.05) is 0 Å². The Hall–Kier alpha value is -0.850. The van der Waals surface area contributed by atoms with Crippen LogP contribution < -0.4 is 0 Å². The molecule has 0 amide bonds. The van der Waals surface area contributed by atoms with Gasteiger partial charge in [0, 0.05) is 0 Å². The molecule has 0 spiro atoms. The highest BCUT2D eigenvalue weighted by Gasteiger charge is 2.30. The fraction of sp³-hybridized carbons (Fsp3) is 0.636. The van der Waals surface area contributed by atoms with Gasteiger partial charge in [-0.1, -0.05) is 19.1 Å². The molecule has 0 atom stereocenters. The van der Waals surface area contributed by atoms with E-state index in [4.69, 9.17) is 0 Å². The van der Waals surface area contributed by atoms with E-state index in [9.17, 15) is 4.39 Å². The van der Waals surface area contributed by atoms with Gasteiger partial charge in [-0.05, 0) is 112 Å². The van der Waals surface area contributed by atoms with Crippen LogP contribution in [0.25, 0.3) is 0 Å². The van der Waals surface area contributed by atoms with Crippen molar-refractivity contribution in [3.8, 4) is 0 Å². The highest BCUT2D eigenvalue weighted by atomic mass is 19.1. The van der Waals surface area contributed by atoms with Crippen molar-refractivity contribution in [2.24, 2.45) is 11.8 Å². The number of benzene rings is 1. The van der Waals surface area contributed by atoms with Crippen LogP contribution in [0.15, 0.2) is 18.2 Å². The second-order valence-electron chi connectivity index (χ2n) is 7.96. The highest BCUT2D eigenvalue weighted by Crippen LogP contribution is 2.43. The summed E-state index contributed by atoms with van der Waals surface area (Å²) >= 11 is 0. The van der Waals surface area contributed by atoms with E-state index >= 15 is 0 Å². The number of hydrogen-bond donors (Lipinski definition) is 0. The molecule has 23 heavy (non-hydrogen) atoms. The lowest BCUT2D eigenvalue weighted by atomic mass is 9.69. The van der Waals surface area contributed by atoms with Gasteiger partial charge in [-0.25, -0.2) is 4.39 Å². The van der Waals surface area contributed by atoms with Crippen LogP contribution >= 0.6 is 0 Å². The second kappa shape index (κ2) is 7.81. The topological polar surface area (TPSA) is 0 Å². The van der Waals surface area contributed by atoms with Crippen molar-refractivity contribution in [2.45, 2.75) is 78.1 Å². The lowest BCUT2D eigenvalue weighted by Crippen LogP contribution is -2.23. The molecule has 1 aromatic rings. The van der Waals surface area contributed by atoms with Crippen LogP contribution in [-0.2, 0) is 6.42 Å². The van der Waals surface area contributed by atoms with Crippen LogP contribution in [0.4, 0.5) is 4.39 Å². The molecule has 2 aliphatic carbocycles. The van der Waals surface area contributed by atoms with Gasteiger partial charge in [0.2, 0.25) is 0 Å². The van der Waals surface area contributed by atoms with E-state index in [2.05, 4.69) is 13.0 Å².